The average molecular weight is 232 g/mol. The van der Waals surface area contributed by atoms with Crippen molar-refractivity contribution in [2.24, 2.45) is 11.1 Å². The molecule has 0 aliphatic carbocycles. The Morgan fingerprint density at radius 1 is 1.53 bits per heavy atom. The Bertz CT molecular complexity index is 474. The van der Waals surface area contributed by atoms with Crippen molar-refractivity contribution in [2.45, 2.75) is 13.8 Å². The van der Waals surface area contributed by atoms with E-state index in [0.717, 1.165) is 5.69 Å². The Balaban J connectivity index is 2.75. The van der Waals surface area contributed by atoms with Crippen LogP contribution in [-0.4, -0.2) is 12.5 Å². The zero-order chi connectivity index (χ0) is 13.1. The quantitative estimate of drug-likeness (QED) is 0.675. The topological polar surface area (TPSA) is 105 Å². The number of carbonyl (C=O) groups excluding carboxylic acids is 1. The first-order valence-corrected chi connectivity index (χ1v) is 5.20. The number of hydrogen-bond acceptors (Lipinski definition) is 4. The van der Waals surface area contributed by atoms with Crippen molar-refractivity contribution in [2.75, 3.05) is 17.6 Å². The van der Waals surface area contributed by atoms with Gasteiger partial charge in [0, 0.05) is 12.2 Å². The summed E-state index contributed by atoms with van der Waals surface area (Å²) in [5.41, 5.74) is 11.9. The first-order chi connectivity index (χ1) is 7.86. The molecule has 0 bridgehead atoms. The van der Waals surface area contributed by atoms with Gasteiger partial charge in [-0.2, -0.15) is 5.26 Å². The van der Waals surface area contributed by atoms with E-state index in [1.54, 1.807) is 32.0 Å². The number of nitrogens with zero attached hydrogens (tertiary/aromatic N) is 1. The Morgan fingerprint density at radius 2 is 2.18 bits per heavy atom. The third-order valence-electron chi connectivity index (χ3n) is 2.57. The predicted molar refractivity (Wildman–Crippen MR) is 67.0 cm³/mol. The Labute approximate surface area is 100 Å². The molecular weight excluding hydrogens is 216 g/mol. The summed E-state index contributed by atoms with van der Waals surface area (Å²) < 4.78 is 0. The summed E-state index contributed by atoms with van der Waals surface area (Å²) in [5.74, 6) is -0.369. The lowest BCUT2D eigenvalue weighted by Crippen LogP contribution is -2.37. The highest BCUT2D eigenvalue weighted by atomic mass is 16.1. The largest absolute Gasteiger partial charge is 0.398 e. The molecule has 1 aromatic rings. The average Bonchev–Trinajstić information content (AvgIpc) is 2.26. The van der Waals surface area contributed by atoms with E-state index in [1.807, 2.05) is 6.07 Å². The third-order valence-corrected chi connectivity index (χ3v) is 2.57. The standard InChI is InChI=1S/C12H16N4O/c1-12(2,11(15)17)7-16-9-4-3-8(6-13)10(14)5-9/h3-5,16H,7,14H2,1-2H3,(H2,15,17). The Hall–Kier alpha value is -2.22. The zero-order valence-electron chi connectivity index (χ0n) is 9.95. The fourth-order valence-corrected chi connectivity index (χ4v) is 1.18. The number of anilines is 2. The molecule has 0 spiro atoms. The van der Waals surface area contributed by atoms with Gasteiger partial charge in [-0.3, -0.25) is 4.79 Å². The van der Waals surface area contributed by atoms with E-state index in [4.69, 9.17) is 16.7 Å². The highest BCUT2D eigenvalue weighted by Crippen LogP contribution is 2.20. The zero-order valence-corrected chi connectivity index (χ0v) is 9.95. The Morgan fingerprint density at radius 3 is 2.65 bits per heavy atom. The maximum atomic E-state index is 11.1. The van der Waals surface area contributed by atoms with Crippen molar-refractivity contribution in [1.82, 2.24) is 0 Å². The molecule has 0 aliphatic rings. The van der Waals surface area contributed by atoms with Gasteiger partial charge < -0.3 is 16.8 Å². The molecule has 0 unspecified atom stereocenters. The lowest BCUT2D eigenvalue weighted by atomic mass is 9.92. The van der Waals surface area contributed by atoms with Gasteiger partial charge in [-0.1, -0.05) is 0 Å². The second kappa shape index (κ2) is 4.74. The molecule has 0 saturated heterocycles. The van der Waals surface area contributed by atoms with Gasteiger partial charge in [0.15, 0.2) is 0 Å². The summed E-state index contributed by atoms with van der Waals surface area (Å²) in [4.78, 5) is 11.1. The van der Waals surface area contributed by atoms with E-state index in [2.05, 4.69) is 5.32 Å². The number of nitrogens with one attached hydrogen (secondary N) is 1. The van der Waals surface area contributed by atoms with Crippen LogP contribution in [0.1, 0.15) is 19.4 Å². The lowest BCUT2D eigenvalue weighted by Gasteiger charge is -2.21. The minimum Gasteiger partial charge on any atom is -0.398 e. The van der Waals surface area contributed by atoms with E-state index in [9.17, 15) is 4.79 Å². The van der Waals surface area contributed by atoms with Crippen molar-refractivity contribution < 1.29 is 4.79 Å². The molecular formula is C12H16N4O. The van der Waals surface area contributed by atoms with E-state index in [1.165, 1.54) is 0 Å². The molecule has 0 saturated carbocycles. The van der Waals surface area contributed by atoms with Crippen molar-refractivity contribution in [1.29, 1.82) is 5.26 Å². The highest BCUT2D eigenvalue weighted by molar-refractivity contribution is 5.80. The number of amides is 1. The highest BCUT2D eigenvalue weighted by Gasteiger charge is 2.24. The number of benzene rings is 1. The van der Waals surface area contributed by atoms with Crippen LogP contribution in [0.15, 0.2) is 18.2 Å². The molecule has 90 valence electrons. The minimum atomic E-state index is -0.636. The molecule has 5 N–H and O–H groups in total. The number of nitrogens with two attached hydrogens (primary N) is 2. The summed E-state index contributed by atoms with van der Waals surface area (Å²) >= 11 is 0. The molecule has 0 radical (unpaired) electrons. The van der Waals surface area contributed by atoms with Crippen molar-refractivity contribution in [3.63, 3.8) is 0 Å². The van der Waals surface area contributed by atoms with Crippen molar-refractivity contribution in [3.8, 4) is 6.07 Å². The van der Waals surface area contributed by atoms with Gasteiger partial charge in [0.05, 0.1) is 16.7 Å². The smallest absolute Gasteiger partial charge is 0.224 e. The normalized spacial score (nSPS) is 10.6. The van der Waals surface area contributed by atoms with Crippen molar-refractivity contribution >= 4 is 17.3 Å². The van der Waals surface area contributed by atoms with Crippen LogP contribution in [0, 0.1) is 16.7 Å². The molecule has 0 heterocycles. The Kier molecular flexibility index (Phi) is 3.59. The fourth-order valence-electron chi connectivity index (χ4n) is 1.18. The molecule has 1 rings (SSSR count). The van der Waals surface area contributed by atoms with Gasteiger partial charge in [-0.05, 0) is 32.0 Å². The first kappa shape index (κ1) is 12.8. The van der Waals surface area contributed by atoms with Crippen LogP contribution >= 0.6 is 0 Å². The number of nitriles is 1. The van der Waals surface area contributed by atoms with Gasteiger partial charge in [0.1, 0.15) is 6.07 Å². The summed E-state index contributed by atoms with van der Waals surface area (Å²) in [6.07, 6.45) is 0. The number of primary amides is 1. The second-order valence-electron chi connectivity index (χ2n) is 4.52. The van der Waals surface area contributed by atoms with Crippen LogP contribution in [0.25, 0.3) is 0 Å². The predicted octanol–water partition coefficient (Wildman–Crippen LogP) is 1.06. The number of carbonyl (C=O) groups is 1. The summed E-state index contributed by atoms with van der Waals surface area (Å²) in [6, 6.07) is 7.02. The maximum absolute atomic E-state index is 11.1. The van der Waals surface area contributed by atoms with E-state index < -0.39 is 5.41 Å². The summed E-state index contributed by atoms with van der Waals surface area (Å²) in [5, 5.41) is 11.8. The number of rotatable bonds is 4. The molecule has 0 fully saturated rings. The monoisotopic (exact) mass is 232 g/mol. The third kappa shape index (κ3) is 3.11. The van der Waals surface area contributed by atoms with E-state index >= 15 is 0 Å². The van der Waals surface area contributed by atoms with Crippen LogP contribution in [-0.2, 0) is 4.79 Å². The van der Waals surface area contributed by atoms with E-state index in [-0.39, 0.29) is 5.91 Å². The molecule has 5 nitrogen and oxygen atoms in total. The molecule has 0 atom stereocenters. The molecule has 1 amide bonds. The maximum Gasteiger partial charge on any atom is 0.224 e. The number of nitrogen functional groups attached to an aromatic ring is 1. The van der Waals surface area contributed by atoms with Crippen LogP contribution in [0.3, 0.4) is 0 Å². The van der Waals surface area contributed by atoms with Crippen LogP contribution < -0.4 is 16.8 Å². The molecule has 17 heavy (non-hydrogen) atoms. The number of hydrogen-bond donors (Lipinski definition) is 3. The fraction of sp³-hybridized carbons (Fsp3) is 0.333. The van der Waals surface area contributed by atoms with Crippen LogP contribution in [0.2, 0.25) is 0 Å². The summed E-state index contributed by atoms with van der Waals surface area (Å²) in [6.45, 7) is 3.93. The molecule has 1 aromatic carbocycles. The summed E-state index contributed by atoms with van der Waals surface area (Å²) in [7, 11) is 0. The molecule has 0 aliphatic heterocycles. The SMILES string of the molecule is CC(C)(CNc1ccc(C#N)c(N)c1)C(N)=O. The minimum absolute atomic E-state index is 0.369. The van der Waals surface area contributed by atoms with Gasteiger partial charge in [-0.25, -0.2) is 0 Å². The van der Waals surface area contributed by atoms with Crippen molar-refractivity contribution in [3.05, 3.63) is 23.8 Å². The molecule has 0 aromatic heterocycles. The van der Waals surface area contributed by atoms with Crippen LogP contribution in [0.4, 0.5) is 11.4 Å². The first-order valence-electron chi connectivity index (χ1n) is 5.20. The van der Waals surface area contributed by atoms with Gasteiger partial charge in [0.2, 0.25) is 5.91 Å². The van der Waals surface area contributed by atoms with Gasteiger partial charge in [0.25, 0.3) is 0 Å². The van der Waals surface area contributed by atoms with Gasteiger partial charge >= 0.3 is 0 Å². The second-order valence-corrected chi connectivity index (χ2v) is 4.52. The van der Waals surface area contributed by atoms with Crippen LogP contribution in [0.5, 0.6) is 0 Å². The lowest BCUT2D eigenvalue weighted by molar-refractivity contribution is -0.125. The van der Waals surface area contributed by atoms with Gasteiger partial charge in [-0.15, -0.1) is 0 Å². The van der Waals surface area contributed by atoms with E-state index in [0.29, 0.717) is 17.8 Å². The molecule has 5 heteroatoms.